The Balaban J connectivity index is 0.000000273. The number of amides is 2. The van der Waals surface area contributed by atoms with Crippen LogP contribution in [0.25, 0.3) is 10.1 Å². The molecule has 2 fully saturated rings. The number of nitrogens with zero attached hydrogens (tertiary/aromatic N) is 6. The molecule has 0 bridgehead atoms. The van der Waals surface area contributed by atoms with Crippen molar-refractivity contribution in [1.29, 1.82) is 0 Å². The highest BCUT2D eigenvalue weighted by molar-refractivity contribution is 7.21. The van der Waals surface area contributed by atoms with Gasteiger partial charge in [0.15, 0.2) is 17.6 Å². The highest BCUT2D eigenvalue weighted by Crippen LogP contribution is 2.31. The maximum Gasteiger partial charge on any atom is 0.288 e. The maximum atomic E-state index is 13.2. The topological polar surface area (TPSA) is 72.6 Å². The van der Waals surface area contributed by atoms with E-state index in [0.717, 1.165) is 75.4 Å². The van der Waals surface area contributed by atoms with E-state index >= 15 is 0 Å². The Bertz CT molecular complexity index is 2390. The molecular weight excluding hydrogens is 1120 g/mol. The molecular formula is C52H71Br3N6O3S4. The molecule has 68 heavy (non-hydrogen) atoms. The Labute approximate surface area is 453 Å². The molecule has 0 atom stereocenters. The second-order valence-electron chi connectivity index (χ2n) is 17.0. The molecule has 0 spiro atoms. The zero-order chi connectivity index (χ0) is 46.0. The van der Waals surface area contributed by atoms with E-state index in [1.165, 1.54) is 88.3 Å². The van der Waals surface area contributed by atoms with Crippen LogP contribution >= 0.6 is 45.3 Å². The van der Waals surface area contributed by atoms with Gasteiger partial charge in [0.25, 0.3) is 11.8 Å². The van der Waals surface area contributed by atoms with Crippen molar-refractivity contribution in [3.8, 4) is 0 Å². The number of hydrogen-bond donors (Lipinski definition) is 0. The summed E-state index contributed by atoms with van der Waals surface area (Å²) in [7, 11) is 0. The van der Waals surface area contributed by atoms with Gasteiger partial charge in [0.1, 0.15) is 0 Å². The van der Waals surface area contributed by atoms with Crippen LogP contribution in [0.1, 0.15) is 115 Å². The molecule has 6 aromatic rings. The minimum atomic E-state index is 0. The second-order valence-corrected chi connectivity index (χ2v) is 20.7. The van der Waals surface area contributed by atoms with Gasteiger partial charge in [-0.3, -0.25) is 14.4 Å². The zero-order valence-electron chi connectivity index (χ0n) is 40.6. The van der Waals surface area contributed by atoms with Crippen LogP contribution in [0.4, 0.5) is 5.69 Å². The monoisotopic (exact) mass is 1190 g/mol. The number of halogens is 3. The molecule has 2 amide bonds. The second kappa shape index (κ2) is 31.5. The van der Waals surface area contributed by atoms with E-state index in [2.05, 4.69) is 108 Å². The van der Waals surface area contributed by atoms with Gasteiger partial charge in [0.05, 0.1) is 20.0 Å². The lowest BCUT2D eigenvalue weighted by molar-refractivity contribution is -0.687. The first-order chi connectivity index (χ1) is 31.7. The van der Waals surface area contributed by atoms with Gasteiger partial charge in [0.2, 0.25) is 41.9 Å². The predicted molar refractivity (Wildman–Crippen MR) is 271 cm³/mol. The number of aromatic nitrogens is 3. The standard InChI is InChI=1S/C24H32NOS2.C15H18N3OS.C13H21N2OS.3BrH/c1-4-6-8-13-20-23(15-9-7-5-2)27-17-25(20)16-21(26)24-18(3)19-12-10-11-14-22(19)28-24;19-15(12-16-10-11-20-13-16)18-8-6-17(7-9-18)14-4-2-1-3-5-14;1-3-11-12(4-2)17-10-15(11)9-13(16)14-7-5-6-8-14;;;/h10-12,14,17H,4-9,13,15-16H2,1-3H3;1-5,10-11,13H,6-9,12H2;10H,3-9H2,1-2H3;3*1H/q3*+1;;;/p-3. The van der Waals surface area contributed by atoms with Crippen molar-refractivity contribution < 1.29 is 79.0 Å². The number of carbonyl (C=O) groups excluding carboxylic acids is 3. The summed E-state index contributed by atoms with van der Waals surface area (Å²) in [6, 6.07) is 18.7. The number of aryl methyl sites for hydroxylation is 3. The summed E-state index contributed by atoms with van der Waals surface area (Å²) >= 11 is 6.88. The third-order valence-corrected chi connectivity index (χ3v) is 16.7. The first-order valence-corrected chi connectivity index (χ1v) is 27.5. The fraction of sp³-hybridized carbons (Fsp3) is 0.500. The van der Waals surface area contributed by atoms with E-state index in [1.807, 2.05) is 48.9 Å². The van der Waals surface area contributed by atoms with Crippen LogP contribution in [0.15, 0.2) is 82.7 Å². The SMILES string of the molecule is CCCCCc1sc[n+](CC(=O)c2sc3ccccc3c2C)c1CCCCC.CCc1sc[n+](CC(=O)N2CCCC2)c1CC.O=C(C[n+]1ccsc1)N1CCN(c2ccccc2)CC1.[Br-].[Br-].[Br-]. The Kier molecular flexibility index (Phi) is 27.5. The number of benzene rings is 2. The van der Waals surface area contributed by atoms with Crippen molar-refractivity contribution in [2.45, 2.75) is 131 Å². The highest BCUT2D eigenvalue weighted by atomic mass is 79.9. The third-order valence-electron chi connectivity index (χ3n) is 12.4. The van der Waals surface area contributed by atoms with E-state index in [4.69, 9.17) is 0 Å². The summed E-state index contributed by atoms with van der Waals surface area (Å²) in [6.45, 7) is 17.7. The molecule has 0 saturated carbocycles. The van der Waals surface area contributed by atoms with Crippen molar-refractivity contribution >= 4 is 78.7 Å². The summed E-state index contributed by atoms with van der Waals surface area (Å²) in [5.41, 5.74) is 11.4. The van der Waals surface area contributed by atoms with Crippen molar-refractivity contribution in [3.05, 3.63) is 114 Å². The zero-order valence-corrected chi connectivity index (χ0v) is 48.6. The third kappa shape index (κ3) is 16.9. The Morgan fingerprint density at radius 1 is 0.618 bits per heavy atom. The molecule has 16 heteroatoms. The van der Waals surface area contributed by atoms with E-state index in [-0.39, 0.29) is 68.5 Å². The lowest BCUT2D eigenvalue weighted by Gasteiger charge is -2.35. The summed E-state index contributed by atoms with van der Waals surface area (Å²) in [5, 5.41) is 3.20. The van der Waals surface area contributed by atoms with Crippen LogP contribution in [0.3, 0.4) is 0 Å². The van der Waals surface area contributed by atoms with Gasteiger partial charge in [-0.2, -0.15) is 13.7 Å². The van der Waals surface area contributed by atoms with Crippen molar-refractivity contribution in [1.82, 2.24) is 9.80 Å². The average Bonchev–Trinajstić information content (AvgIpc) is 4.21. The number of para-hydroxylation sites is 1. The van der Waals surface area contributed by atoms with Crippen molar-refractivity contribution in [2.75, 3.05) is 44.2 Å². The largest absolute Gasteiger partial charge is 1.00 e. The number of hydrogen-bond acceptors (Lipinski definition) is 8. The quantitative estimate of drug-likeness (QED) is 0.0736. The summed E-state index contributed by atoms with van der Waals surface area (Å²) < 4.78 is 7.54. The molecule has 2 saturated heterocycles. The minimum absolute atomic E-state index is 0. The molecule has 0 radical (unpaired) electrons. The van der Waals surface area contributed by atoms with E-state index in [1.54, 1.807) is 34.0 Å². The average molecular weight is 1200 g/mol. The molecule has 372 valence electrons. The molecule has 2 aromatic carbocycles. The Morgan fingerprint density at radius 2 is 1.22 bits per heavy atom. The predicted octanol–water partition coefficient (Wildman–Crippen LogP) is 1.09. The molecule has 4 aromatic heterocycles. The first kappa shape index (κ1) is 59.4. The molecule has 2 aliphatic heterocycles. The number of unbranched alkanes of at least 4 members (excludes halogenated alkanes) is 4. The highest BCUT2D eigenvalue weighted by Gasteiger charge is 2.27. The molecule has 8 rings (SSSR count). The lowest BCUT2D eigenvalue weighted by atomic mass is 10.1. The molecule has 0 aliphatic carbocycles. The molecule has 9 nitrogen and oxygen atoms in total. The van der Waals surface area contributed by atoms with E-state index < -0.39 is 0 Å². The minimum Gasteiger partial charge on any atom is -1.00 e. The van der Waals surface area contributed by atoms with Gasteiger partial charge in [-0.25, -0.2) is 0 Å². The van der Waals surface area contributed by atoms with Gasteiger partial charge >= 0.3 is 0 Å². The number of Topliss-reactive ketones (excluding diaryl/α,β-unsaturated/α-hetero) is 1. The van der Waals surface area contributed by atoms with Crippen molar-refractivity contribution in [3.63, 3.8) is 0 Å². The number of ketones is 1. The summed E-state index contributed by atoms with van der Waals surface area (Å²) in [5.74, 6) is 0.738. The lowest BCUT2D eigenvalue weighted by Crippen LogP contribution is -3.00. The Hall–Kier alpha value is -2.86. The first-order valence-electron chi connectivity index (χ1n) is 24.0. The van der Waals surface area contributed by atoms with Crippen LogP contribution in [0, 0.1) is 6.92 Å². The van der Waals surface area contributed by atoms with E-state index in [9.17, 15) is 14.4 Å². The normalized spacial score (nSPS) is 13.1. The molecule has 0 N–H and O–H groups in total. The van der Waals surface area contributed by atoms with Gasteiger partial charge in [-0.1, -0.05) is 124 Å². The number of thiazole rings is 3. The van der Waals surface area contributed by atoms with E-state index in [0.29, 0.717) is 19.6 Å². The number of anilines is 1. The van der Waals surface area contributed by atoms with Crippen LogP contribution in [-0.4, -0.2) is 66.7 Å². The van der Waals surface area contributed by atoms with Gasteiger partial charge < -0.3 is 65.6 Å². The molecule has 2 aliphatic rings. The number of carbonyl (C=O) groups is 3. The fourth-order valence-corrected chi connectivity index (χ4v) is 12.5. The van der Waals surface area contributed by atoms with Gasteiger partial charge in [-0.15, -0.1) is 11.3 Å². The Morgan fingerprint density at radius 3 is 1.84 bits per heavy atom. The smallest absolute Gasteiger partial charge is 0.288 e. The molecule has 6 heterocycles. The maximum absolute atomic E-state index is 13.2. The van der Waals surface area contributed by atoms with Crippen molar-refractivity contribution in [2.24, 2.45) is 0 Å². The summed E-state index contributed by atoms with van der Waals surface area (Å²) in [4.78, 5) is 47.6. The van der Waals surface area contributed by atoms with Gasteiger partial charge in [0, 0.05) is 62.5 Å². The number of likely N-dealkylation sites (tertiary alicyclic amines) is 1. The molecule has 0 unspecified atom stereocenters. The van der Waals surface area contributed by atoms with Gasteiger partial charge in [-0.05, 0) is 74.6 Å². The van der Waals surface area contributed by atoms with Crippen LogP contribution in [0.5, 0.6) is 0 Å². The van der Waals surface area contributed by atoms with Crippen LogP contribution < -0.4 is 69.5 Å². The number of thiophene rings is 1. The van der Waals surface area contributed by atoms with Crippen LogP contribution in [0.2, 0.25) is 0 Å². The number of piperazine rings is 1. The fourth-order valence-electron chi connectivity index (χ4n) is 8.70. The number of rotatable bonds is 18. The van der Waals surface area contributed by atoms with Crippen LogP contribution in [-0.2, 0) is 54.9 Å². The summed E-state index contributed by atoms with van der Waals surface area (Å²) in [6.07, 6.45) is 16.1. The number of fused-ring (bicyclic) bond motifs is 1.